The quantitative estimate of drug-likeness (QED) is 0.722. The minimum Gasteiger partial charge on any atom is -0.491 e. The molecule has 0 aliphatic rings. The molecule has 0 aliphatic heterocycles. The first-order valence-corrected chi connectivity index (χ1v) is 6.81. The molecule has 0 aromatic heterocycles. The summed E-state index contributed by atoms with van der Waals surface area (Å²) in [5.41, 5.74) is 0. The zero-order valence-electron chi connectivity index (χ0n) is 10.7. The van der Waals surface area contributed by atoms with Gasteiger partial charge in [-0.25, -0.2) is 0 Å². The van der Waals surface area contributed by atoms with E-state index in [1.54, 1.807) is 18.2 Å². The number of hydrogen-bond acceptors (Lipinski definition) is 3. The first kappa shape index (κ1) is 16.6. The van der Waals surface area contributed by atoms with Crippen molar-refractivity contribution in [3.63, 3.8) is 0 Å². The number of carboxylic acid groups (broad SMARTS) is 1. The maximum atomic E-state index is 11.4. The predicted octanol–water partition coefficient (Wildman–Crippen LogP) is 2.74. The van der Waals surface area contributed by atoms with E-state index in [1.165, 1.54) is 0 Å². The van der Waals surface area contributed by atoms with Crippen molar-refractivity contribution in [2.45, 2.75) is 19.3 Å². The lowest BCUT2D eigenvalue weighted by molar-refractivity contribution is -0.137. The number of halogens is 2. The van der Waals surface area contributed by atoms with Gasteiger partial charge in [-0.05, 0) is 24.6 Å². The molecule has 1 aromatic rings. The molecular formula is C13H15Cl2NO4. The molecule has 0 heterocycles. The van der Waals surface area contributed by atoms with E-state index in [0.717, 1.165) is 0 Å². The molecule has 0 radical (unpaired) electrons. The van der Waals surface area contributed by atoms with Crippen molar-refractivity contribution in [2.24, 2.45) is 0 Å². The SMILES string of the molecule is O=C(O)CCCNC(=O)CCOc1ccc(Cl)cc1Cl. The number of benzene rings is 1. The minimum absolute atomic E-state index is 0.0389. The van der Waals surface area contributed by atoms with Crippen molar-refractivity contribution in [3.8, 4) is 5.75 Å². The first-order chi connectivity index (χ1) is 9.49. The second kappa shape index (κ2) is 8.66. The van der Waals surface area contributed by atoms with Crippen LogP contribution >= 0.6 is 23.2 Å². The van der Waals surface area contributed by atoms with E-state index in [9.17, 15) is 9.59 Å². The Morgan fingerprint density at radius 1 is 1.25 bits per heavy atom. The third kappa shape index (κ3) is 6.63. The van der Waals surface area contributed by atoms with Crippen LogP contribution in [0.25, 0.3) is 0 Å². The van der Waals surface area contributed by atoms with Crippen molar-refractivity contribution in [3.05, 3.63) is 28.2 Å². The van der Waals surface area contributed by atoms with Crippen molar-refractivity contribution >= 4 is 35.1 Å². The fourth-order valence-corrected chi connectivity index (χ4v) is 1.86. The van der Waals surface area contributed by atoms with E-state index in [2.05, 4.69) is 5.32 Å². The lowest BCUT2D eigenvalue weighted by atomic mass is 10.3. The molecule has 110 valence electrons. The predicted molar refractivity (Wildman–Crippen MR) is 76.5 cm³/mol. The Morgan fingerprint density at radius 3 is 2.65 bits per heavy atom. The van der Waals surface area contributed by atoms with Crippen LogP contribution in [0.15, 0.2) is 18.2 Å². The maximum absolute atomic E-state index is 11.4. The molecule has 1 rings (SSSR count). The minimum atomic E-state index is -0.875. The number of carbonyl (C=O) groups excluding carboxylic acids is 1. The number of carboxylic acids is 1. The van der Waals surface area contributed by atoms with Gasteiger partial charge in [0, 0.05) is 18.0 Å². The van der Waals surface area contributed by atoms with Crippen molar-refractivity contribution in [2.75, 3.05) is 13.2 Å². The van der Waals surface area contributed by atoms with Gasteiger partial charge >= 0.3 is 5.97 Å². The molecule has 7 heteroatoms. The van der Waals surface area contributed by atoms with Crippen molar-refractivity contribution in [1.82, 2.24) is 5.32 Å². The third-order valence-electron chi connectivity index (χ3n) is 2.37. The van der Waals surface area contributed by atoms with E-state index >= 15 is 0 Å². The van der Waals surface area contributed by atoms with Gasteiger partial charge in [-0.3, -0.25) is 9.59 Å². The number of nitrogens with one attached hydrogen (secondary N) is 1. The number of aliphatic carboxylic acids is 1. The Morgan fingerprint density at radius 2 is 2.00 bits per heavy atom. The lowest BCUT2D eigenvalue weighted by Gasteiger charge is -2.08. The highest BCUT2D eigenvalue weighted by Gasteiger charge is 2.05. The van der Waals surface area contributed by atoms with Crippen LogP contribution in [0, 0.1) is 0 Å². The fourth-order valence-electron chi connectivity index (χ4n) is 1.40. The van der Waals surface area contributed by atoms with Crippen LogP contribution in [-0.4, -0.2) is 30.1 Å². The summed E-state index contributed by atoms with van der Waals surface area (Å²) in [6.45, 7) is 0.527. The first-order valence-electron chi connectivity index (χ1n) is 6.05. The van der Waals surface area contributed by atoms with Gasteiger partial charge in [0.15, 0.2) is 0 Å². The van der Waals surface area contributed by atoms with Gasteiger partial charge in [0.25, 0.3) is 0 Å². The zero-order chi connectivity index (χ0) is 15.0. The smallest absolute Gasteiger partial charge is 0.303 e. The van der Waals surface area contributed by atoms with Gasteiger partial charge in [0.2, 0.25) is 5.91 Å². The fraction of sp³-hybridized carbons (Fsp3) is 0.385. The highest BCUT2D eigenvalue weighted by atomic mass is 35.5. The Balaban J connectivity index is 2.20. The van der Waals surface area contributed by atoms with Crippen LogP contribution in [0.4, 0.5) is 0 Å². The number of ether oxygens (including phenoxy) is 1. The normalized spacial score (nSPS) is 10.1. The van der Waals surface area contributed by atoms with Crippen LogP contribution in [-0.2, 0) is 9.59 Å². The maximum Gasteiger partial charge on any atom is 0.303 e. The van der Waals surface area contributed by atoms with Gasteiger partial charge < -0.3 is 15.2 Å². The molecule has 0 fully saturated rings. The average Bonchev–Trinajstić information content (AvgIpc) is 2.37. The Labute approximate surface area is 126 Å². The van der Waals surface area contributed by atoms with Crippen molar-refractivity contribution in [1.29, 1.82) is 0 Å². The summed E-state index contributed by atoms with van der Waals surface area (Å²) in [6.07, 6.45) is 0.619. The lowest BCUT2D eigenvalue weighted by Crippen LogP contribution is -2.26. The van der Waals surface area contributed by atoms with Crippen LogP contribution in [0.2, 0.25) is 10.0 Å². The molecule has 0 spiro atoms. The standard InChI is InChI=1S/C13H15Cl2NO4/c14-9-3-4-11(10(15)8-9)20-7-5-12(17)16-6-1-2-13(18)19/h3-4,8H,1-2,5-7H2,(H,16,17)(H,18,19). The van der Waals surface area contributed by atoms with Crippen LogP contribution in [0.3, 0.4) is 0 Å². The molecule has 0 saturated heterocycles. The molecule has 0 unspecified atom stereocenters. The summed E-state index contributed by atoms with van der Waals surface area (Å²) in [4.78, 5) is 21.7. The molecule has 20 heavy (non-hydrogen) atoms. The summed E-state index contributed by atoms with van der Waals surface area (Å²) in [6, 6.07) is 4.84. The van der Waals surface area contributed by atoms with Gasteiger partial charge in [-0.2, -0.15) is 0 Å². The summed E-state index contributed by atoms with van der Waals surface area (Å²) in [7, 11) is 0. The van der Waals surface area contributed by atoms with Crippen molar-refractivity contribution < 1.29 is 19.4 Å². The molecule has 2 N–H and O–H groups in total. The zero-order valence-corrected chi connectivity index (χ0v) is 12.2. The summed E-state index contributed by atoms with van der Waals surface area (Å²) in [5.74, 6) is -0.602. The largest absolute Gasteiger partial charge is 0.491 e. The summed E-state index contributed by atoms with van der Waals surface area (Å²) < 4.78 is 5.36. The topological polar surface area (TPSA) is 75.6 Å². The molecule has 0 atom stereocenters. The molecule has 1 aromatic carbocycles. The number of hydrogen-bond donors (Lipinski definition) is 2. The molecule has 1 amide bonds. The molecule has 5 nitrogen and oxygen atoms in total. The van der Waals surface area contributed by atoms with Gasteiger partial charge in [0.1, 0.15) is 5.75 Å². The Hall–Kier alpha value is -1.46. The van der Waals surface area contributed by atoms with E-state index in [1.807, 2.05) is 0 Å². The summed E-state index contributed by atoms with van der Waals surface area (Å²) >= 11 is 11.7. The Kier molecular flexibility index (Phi) is 7.18. The van der Waals surface area contributed by atoms with Crippen LogP contribution in [0.1, 0.15) is 19.3 Å². The highest BCUT2D eigenvalue weighted by molar-refractivity contribution is 6.35. The molecule has 0 saturated carbocycles. The van der Waals surface area contributed by atoms with Crippen LogP contribution < -0.4 is 10.1 Å². The second-order valence-corrected chi connectivity index (χ2v) is 4.86. The highest BCUT2D eigenvalue weighted by Crippen LogP contribution is 2.27. The van der Waals surface area contributed by atoms with Crippen LogP contribution in [0.5, 0.6) is 5.75 Å². The van der Waals surface area contributed by atoms with E-state index in [0.29, 0.717) is 28.8 Å². The molecule has 0 bridgehead atoms. The average molecular weight is 320 g/mol. The van der Waals surface area contributed by atoms with Gasteiger partial charge in [-0.15, -0.1) is 0 Å². The monoisotopic (exact) mass is 319 g/mol. The molecule has 0 aliphatic carbocycles. The number of carbonyl (C=O) groups is 2. The number of rotatable bonds is 8. The number of amides is 1. The molecular weight excluding hydrogens is 305 g/mol. The van der Waals surface area contributed by atoms with Gasteiger partial charge in [0.05, 0.1) is 18.1 Å². The van der Waals surface area contributed by atoms with E-state index < -0.39 is 5.97 Å². The summed E-state index contributed by atoms with van der Waals surface area (Å²) in [5, 5.41) is 11.9. The van der Waals surface area contributed by atoms with E-state index in [-0.39, 0.29) is 25.4 Å². The second-order valence-electron chi connectivity index (χ2n) is 4.02. The van der Waals surface area contributed by atoms with Gasteiger partial charge in [-0.1, -0.05) is 23.2 Å². The third-order valence-corrected chi connectivity index (χ3v) is 2.90. The van der Waals surface area contributed by atoms with E-state index in [4.69, 9.17) is 33.0 Å². The Bertz CT molecular complexity index is 479.